The molecule has 8 heteroatoms. The van der Waals surface area contributed by atoms with Crippen LogP contribution in [0.25, 0.3) is 10.8 Å². The van der Waals surface area contributed by atoms with Crippen LogP contribution in [0.5, 0.6) is 0 Å². The summed E-state index contributed by atoms with van der Waals surface area (Å²) in [6.45, 7) is 0. The molecule has 0 aliphatic heterocycles. The summed E-state index contributed by atoms with van der Waals surface area (Å²) in [7, 11) is 0. The van der Waals surface area contributed by atoms with E-state index in [0.717, 1.165) is 16.3 Å². The molecule has 0 saturated heterocycles. The van der Waals surface area contributed by atoms with E-state index in [0.29, 0.717) is 16.9 Å². The number of anilines is 2. The number of rotatable bonds is 7. The van der Waals surface area contributed by atoms with E-state index in [1.54, 1.807) is 29.7 Å². The number of amides is 3. The summed E-state index contributed by atoms with van der Waals surface area (Å²) in [5.41, 5.74) is 9.75. The minimum absolute atomic E-state index is 0.231. The van der Waals surface area contributed by atoms with E-state index < -0.39 is 23.8 Å². The largest absolute Gasteiger partial charge is 0.399 e. The first-order valence-corrected chi connectivity index (χ1v) is 10.9. The first kappa shape index (κ1) is 23.5. The molecule has 35 heavy (non-hydrogen) atoms. The predicted molar refractivity (Wildman–Crippen MR) is 134 cm³/mol. The first-order valence-electron chi connectivity index (χ1n) is 10.9. The number of benzene rings is 4. The Hall–Kier alpha value is -4.69. The van der Waals surface area contributed by atoms with Gasteiger partial charge in [-0.1, -0.05) is 42.5 Å². The normalized spacial score (nSPS) is 11.5. The third-order valence-corrected chi connectivity index (χ3v) is 5.56. The topological polar surface area (TPSA) is 134 Å². The number of fused-ring (bicyclic) bond motifs is 1. The lowest BCUT2D eigenvalue weighted by Gasteiger charge is -2.19. The van der Waals surface area contributed by atoms with Crippen molar-refractivity contribution < 1.29 is 19.6 Å². The van der Waals surface area contributed by atoms with Gasteiger partial charge in [0.2, 0.25) is 5.91 Å². The summed E-state index contributed by atoms with van der Waals surface area (Å²) >= 11 is 0. The van der Waals surface area contributed by atoms with Crippen LogP contribution < -0.4 is 21.8 Å². The molecular weight excluding hydrogens is 444 g/mol. The predicted octanol–water partition coefficient (Wildman–Crippen LogP) is 3.52. The second kappa shape index (κ2) is 10.5. The van der Waals surface area contributed by atoms with Crippen LogP contribution in [0, 0.1) is 0 Å². The van der Waals surface area contributed by atoms with Crippen LogP contribution >= 0.6 is 0 Å². The van der Waals surface area contributed by atoms with Gasteiger partial charge < -0.3 is 16.4 Å². The standard InChI is InChI=1S/C27H24N4O4/c28-22-11-7-19(8-12-22)25(32)30-24(16-17-5-6-18-3-1-2-4-21(18)15-17)27(34)29-23-13-9-20(10-14-23)26(33)31-35/h1-15,24,35H,16,28H2,(H,29,34)(H,30,32)(H,31,33)/t24-/m0/s1. The lowest BCUT2D eigenvalue weighted by molar-refractivity contribution is -0.118. The maximum absolute atomic E-state index is 13.2. The highest BCUT2D eigenvalue weighted by Gasteiger charge is 2.22. The van der Waals surface area contributed by atoms with Crippen molar-refractivity contribution >= 4 is 39.9 Å². The van der Waals surface area contributed by atoms with Crippen LogP contribution in [-0.2, 0) is 11.2 Å². The molecule has 0 saturated carbocycles. The quantitative estimate of drug-likeness (QED) is 0.161. The first-order chi connectivity index (χ1) is 16.9. The van der Waals surface area contributed by atoms with Gasteiger partial charge >= 0.3 is 0 Å². The SMILES string of the molecule is Nc1ccc(C(=O)N[C@@H](Cc2ccc3ccccc3c2)C(=O)Nc2ccc(C(=O)NO)cc2)cc1. The maximum Gasteiger partial charge on any atom is 0.274 e. The number of hydroxylamine groups is 1. The number of nitrogens with one attached hydrogen (secondary N) is 3. The Balaban J connectivity index is 1.56. The van der Waals surface area contributed by atoms with Gasteiger partial charge in [0.1, 0.15) is 6.04 Å². The molecule has 0 aliphatic rings. The number of carbonyl (C=O) groups excluding carboxylic acids is 3. The van der Waals surface area contributed by atoms with Gasteiger partial charge in [0.05, 0.1) is 0 Å². The van der Waals surface area contributed by atoms with Gasteiger partial charge in [-0.25, -0.2) is 5.48 Å². The Labute approximate surface area is 201 Å². The van der Waals surface area contributed by atoms with Gasteiger partial charge in [0.25, 0.3) is 11.8 Å². The Morgan fingerprint density at radius 2 is 1.40 bits per heavy atom. The van der Waals surface area contributed by atoms with Crippen molar-refractivity contribution in [2.45, 2.75) is 12.5 Å². The molecule has 0 radical (unpaired) electrons. The molecule has 0 aliphatic carbocycles. The Morgan fingerprint density at radius 1 is 0.771 bits per heavy atom. The molecule has 0 heterocycles. The molecule has 4 rings (SSSR count). The zero-order valence-corrected chi connectivity index (χ0v) is 18.7. The van der Waals surface area contributed by atoms with Crippen molar-refractivity contribution in [3.8, 4) is 0 Å². The summed E-state index contributed by atoms with van der Waals surface area (Å²) in [6, 6.07) is 25.4. The average Bonchev–Trinajstić information content (AvgIpc) is 2.88. The molecular formula is C27H24N4O4. The summed E-state index contributed by atoms with van der Waals surface area (Å²) in [5, 5.41) is 16.5. The van der Waals surface area contributed by atoms with Crippen molar-refractivity contribution in [3.05, 3.63) is 108 Å². The lowest BCUT2D eigenvalue weighted by Crippen LogP contribution is -2.45. The fourth-order valence-electron chi connectivity index (χ4n) is 3.69. The van der Waals surface area contributed by atoms with Gasteiger partial charge in [-0.2, -0.15) is 0 Å². The van der Waals surface area contributed by atoms with Crippen molar-refractivity contribution in [3.63, 3.8) is 0 Å². The molecule has 0 aromatic heterocycles. The van der Waals surface area contributed by atoms with Crippen LogP contribution in [0.4, 0.5) is 11.4 Å². The molecule has 0 spiro atoms. The lowest BCUT2D eigenvalue weighted by atomic mass is 10.0. The second-order valence-corrected chi connectivity index (χ2v) is 8.04. The molecule has 0 unspecified atom stereocenters. The molecule has 1 atom stereocenters. The van der Waals surface area contributed by atoms with E-state index in [1.807, 2.05) is 42.5 Å². The summed E-state index contributed by atoms with van der Waals surface area (Å²) in [5.74, 6) is -1.48. The number of carbonyl (C=O) groups is 3. The van der Waals surface area contributed by atoms with Crippen LogP contribution in [0.3, 0.4) is 0 Å². The molecule has 8 nitrogen and oxygen atoms in total. The van der Waals surface area contributed by atoms with Crippen molar-refractivity contribution in [1.29, 1.82) is 0 Å². The second-order valence-electron chi connectivity index (χ2n) is 8.04. The average molecular weight is 469 g/mol. The molecule has 176 valence electrons. The Bertz CT molecular complexity index is 1370. The molecule has 0 bridgehead atoms. The zero-order chi connectivity index (χ0) is 24.8. The van der Waals surface area contributed by atoms with E-state index in [4.69, 9.17) is 10.9 Å². The van der Waals surface area contributed by atoms with Gasteiger partial charge in [0, 0.05) is 28.9 Å². The summed E-state index contributed by atoms with van der Waals surface area (Å²) in [4.78, 5) is 37.6. The third kappa shape index (κ3) is 5.82. The summed E-state index contributed by atoms with van der Waals surface area (Å²) in [6.07, 6.45) is 0.266. The fraction of sp³-hybridized carbons (Fsp3) is 0.0741. The Kier molecular flexibility index (Phi) is 7.04. The van der Waals surface area contributed by atoms with Crippen LogP contribution in [0.2, 0.25) is 0 Å². The number of hydrogen-bond donors (Lipinski definition) is 5. The Morgan fingerprint density at radius 3 is 2.09 bits per heavy atom. The van der Waals surface area contributed by atoms with Crippen LogP contribution in [-0.4, -0.2) is 29.0 Å². The van der Waals surface area contributed by atoms with E-state index >= 15 is 0 Å². The molecule has 3 amide bonds. The van der Waals surface area contributed by atoms with Gasteiger partial charge in [-0.05, 0) is 64.9 Å². The monoisotopic (exact) mass is 468 g/mol. The van der Waals surface area contributed by atoms with E-state index in [1.165, 1.54) is 24.3 Å². The minimum Gasteiger partial charge on any atom is -0.399 e. The molecule has 4 aromatic rings. The third-order valence-electron chi connectivity index (χ3n) is 5.56. The number of hydrogen-bond acceptors (Lipinski definition) is 5. The number of nitrogen functional groups attached to an aromatic ring is 1. The highest BCUT2D eigenvalue weighted by atomic mass is 16.5. The van der Waals surface area contributed by atoms with Crippen molar-refractivity contribution in [2.75, 3.05) is 11.1 Å². The highest BCUT2D eigenvalue weighted by molar-refractivity contribution is 6.02. The fourth-order valence-corrected chi connectivity index (χ4v) is 3.69. The molecule has 0 fully saturated rings. The van der Waals surface area contributed by atoms with Crippen LogP contribution in [0.1, 0.15) is 26.3 Å². The zero-order valence-electron chi connectivity index (χ0n) is 18.7. The number of nitrogens with two attached hydrogens (primary N) is 1. The van der Waals surface area contributed by atoms with Crippen molar-refractivity contribution in [1.82, 2.24) is 10.8 Å². The minimum atomic E-state index is -0.873. The van der Waals surface area contributed by atoms with E-state index in [9.17, 15) is 14.4 Å². The maximum atomic E-state index is 13.2. The highest BCUT2D eigenvalue weighted by Crippen LogP contribution is 2.18. The van der Waals surface area contributed by atoms with Crippen molar-refractivity contribution in [2.24, 2.45) is 0 Å². The van der Waals surface area contributed by atoms with E-state index in [-0.39, 0.29) is 12.0 Å². The smallest absolute Gasteiger partial charge is 0.274 e. The molecule has 4 aromatic carbocycles. The van der Waals surface area contributed by atoms with Gasteiger partial charge in [-0.15, -0.1) is 0 Å². The van der Waals surface area contributed by atoms with Gasteiger partial charge in [-0.3, -0.25) is 19.6 Å². The van der Waals surface area contributed by atoms with Crippen LogP contribution in [0.15, 0.2) is 91.0 Å². The molecule has 6 N–H and O–H groups in total. The summed E-state index contributed by atoms with van der Waals surface area (Å²) < 4.78 is 0. The van der Waals surface area contributed by atoms with Gasteiger partial charge in [0.15, 0.2) is 0 Å². The van der Waals surface area contributed by atoms with E-state index in [2.05, 4.69) is 10.6 Å².